The average molecular weight is 271 g/mol. The summed E-state index contributed by atoms with van der Waals surface area (Å²) >= 11 is 0. The fourth-order valence-electron chi connectivity index (χ4n) is 1.56. The zero-order chi connectivity index (χ0) is 14.0. The SMILES string of the molecule is CCc1ccc(NS(=O)(=O)NC(C)(C)C)cc1N. The van der Waals surface area contributed by atoms with Crippen LogP contribution in [0.15, 0.2) is 18.2 Å². The summed E-state index contributed by atoms with van der Waals surface area (Å²) in [7, 11) is -3.58. The smallest absolute Gasteiger partial charge is 0.299 e. The monoisotopic (exact) mass is 271 g/mol. The van der Waals surface area contributed by atoms with Crippen LogP contribution in [0.2, 0.25) is 0 Å². The van der Waals surface area contributed by atoms with Gasteiger partial charge in [0, 0.05) is 11.2 Å². The highest BCUT2D eigenvalue weighted by Gasteiger charge is 2.19. The maximum absolute atomic E-state index is 11.8. The number of hydrogen-bond acceptors (Lipinski definition) is 3. The molecular formula is C12H21N3O2S. The van der Waals surface area contributed by atoms with Gasteiger partial charge in [-0.05, 0) is 44.9 Å². The predicted octanol–water partition coefficient (Wildman–Crippen LogP) is 1.88. The molecule has 0 atom stereocenters. The van der Waals surface area contributed by atoms with Gasteiger partial charge in [-0.15, -0.1) is 0 Å². The number of anilines is 2. The summed E-state index contributed by atoms with van der Waals surface area (Å²) in [5.41, 5.74) is 7.35. The minimum Gasteiger partial charge on any atom is -0.398 e. The van der Waals surface area contributed by atoms with Gasteiger partial charge in [-0.1, -0.05) is 13.0 Å². The van der Waals surface area contributed by atoms with Crippen molar-refractivity contribution in [2.45, 2.75) is 39.7 Å². The highest BCUT2D eigenvalue weighted by molar-refractivity contribution is 7.90. The van der Waals surface area contributed by atoms with E-state index in [2.05, 4.69) is 9.44 Å². The summed E-state index contributed by atoms with van der Waals surface area (Å²) in [6.07, 6.45) is 0.819. The Morgan fingerprint density at radius 1 is 1.28 bits per heavy atom. The van der Waals surface area contributed by atoms with Crippen LogP contribution < -0.4 is 15.2 Å². The Hall–Kier alpha value is -1.27. The van der Waals surface area contributed by atoms with Crippen molar-refractivity contribution in [1.82, 2.24) is 4.72 Å². The Labute approximate surface area is 109 Å². The largest absolute Gasteiger partial charge is 0.398 e. The molecule has 0 aliphatic carbocycles. The van der Waals surface area contributed by atoms with Gasteiger partial charge in [0.05, 0.1) is 5.69 Å². The molecule has 0 aliphatic rings. The Balaban J connectivity index is 2.88. The number of nitrogen functional groups attached to an aromatic ring is 1. The number of hydrogen-bond donors (Lipinski definition) is 3. The molecule has 1 rings (SSSR count). The molecule has 102 valence electrons. The quantitative estimate of drug-likeness (QED) is 0.731. The molecule has 1 aromatic rings. The van der Waals surface area contributed by atoms with Crippen LogP contribution in [0.1, 0.15) is 33.3 Å². The third-order valence-electron chi connectivity index (χ3n) is 2.22. The van der Waals surface area contributed by atoms with E-state index >= 15 is 0 Å². The lowest BCUT2D eigenvalue weighted by atomic mass is 10.1. The molecule has 18 heavy (non-hydrogen) atoms. The van der Waals surface area contributed by atoms with Gasteiger partial charge in [0.1, 0.15) is 0 Å². The zero-order valence-electron chi connectivity index (χ0n) is 11.2. The molecule has 0 saturated heterocycles. The minimum absolute atomic E-state index is 0.460. The zero-order valence-corrected chi connectivity index (χ0v) is 12.1. The van der Waals surface area contributed by atoms with E-state index < -0.39 is 15.7 Å². The molecule has 4 N–H and O–H groups in total. The van der Waals surface area contributed by atoms with Crippen LogP contribution in [0.5, 0.6) is 0 Å². The third kappa shape index (κ3) is 4.54. The van der Waals surface area contributed by atoms with Crippen LogP contribution in [0.3, 0.4) is 0 Å². The third-order valence-corrected chi connectivity index (χ3v) is 3.61. The second kappa shape index (κ2) is 5.16. The van der Waals surface area contributed by atoms with Crippen LogP contribution in [0.4, 0.5) is 11.4 Å². The first-order valence-electron chi connectivity index (χ1n) is 5.83. The molecule has 0 aliphatic heterocycles. The van der Waals surface area contributed by atoms with E-state index in [1.54, 1.807) is 32.9 Å². The van der Waals surface area contributed by atoms with Crippen molar-refractivity contribution < 1.29 is 8.42 Å². The molecule has 5 nitrogen and oxygen atoms in total. The fourth-order valence-corrected chi connectivity index (χ4v) is 2.86. The predicted molar refractivity (Wildman–Crippen MR) is 75.7 cm³/mol. The molecule has 0 unspecified atom stereocenters. The molecule has 0 spiro atoms. The maximum atomic E-state index is 11.8. The Morgan fingerprint density at radius 2 is 1.89 bits per heavy atom. The normalized spacial score (nSPS) is 12.4. The summed E-state index contributed by atoms with van der Waals surface area (Å²) in [5.74, 6) is 0. The average Bonchev–Trinajstić information content (AvgIpc) is 2.12. The highest BCUT2D eigenvalue weighted by atomic mass is 32.2. The van der Waals surface area contributed by atoms with Gasteiger partial charge in [0.2, 0.25) is 0 Å². The number of aryl methyl sites for hydroxylation is 1. The molecule has 0 saturated carbocycles. The molecule has 0 heterocycles. The molecular weight excluding hydrogens is 250 g/mol. The van der Waals surface area contributed by atoms with E-state index in [1.807, 2.05) is 13.0 Å². The second-order valence-corrected chi connectivity index (χ2v) is 6.64. The number of rotatable bonds is 4. The molecule has 0 radical (unpaired) electrons. The summed E-state index contributed by atoms with van der Waals surface area (Å²) in [5, 5.41) is 0. The van der Waals surface area contributed by atoms with Gasteiger partial charge < -0.3 is 5.73 Å². The van der Waals surface area contributed by atoms with Gasteiger partial charge in [-0.25, -0.2) is 0 Å². The van der Waals surface area contributed by atoms with Gasteiger partial charge >= 0.3 is 0 Å². The number of nitrogens with two attached hydrogens (primary N) is 1. The molecule has 0 fully saturated rings. The topological polar surface area (TPSA) is 84.2 Å². The molecule has 0 aromatic heterocycles. The fraction of sp³-hybridized carbons (Fsp3) is 0.500. The lowest BCUT2D eigenvalue weighted by molar-refractivity contribution is 0.494. The van der Waals surface area contributed by atoms with Crippen molar-refractivity contribution in [3.05, 3.63) is 23.8 Å². The molecule has 0 amide bonds. The van der Waals surface area contributed by atoms with Crippen molar-refractivity contribution in [2.75, 3.05) is 10.5 Å². The van der Waals surface area contributed by atoms with E-state index in [-0.39, 0.29) is 0 Å². The van der Waals surface area contributed by atoms with Crippen molar-refractivity contribution in [2.24, 2.45) is 0 Å². The molecule has 0 bridgehead atoms. The van der Waals surface area contributed by atoms with Crippen molar-refractivity contribution in [3.63, 3.8) is 0 Å². The first kappa shape index (κ1) is 14.8. The lowest BCUT2D eigenvalue weighted by Gasteiger charge is -2.21. The van der Waals surface area contributed by atoms with Crippen LogP contribution in [0, 0.1) is 0 Å². The van der Waals surface area contributed by atoms with E-state index in [4.69, 9.17) is 5.73 Å². The van der Waals surface area contributed by atoms with Crippen LogP contribution >= 0.6 is 0 Å². The van der Waals surface area contributed by atoms with E-state index in [9.17, 15) is 8.42 Å². The van der Waals surface area contributed by atoms with Gasteiger partial charge in [0.25, 0.3) is 10.2 Å². The summed E-state index contributed by atoms with van der Waals surface area (Å²) in [4.78, 5) is 0. The van der Waals surface area contributed by atoms with E-state index in [1.165, 1.54) is 0 Å². The van der Waals surface area contributed by atoms with Gasteiger partial charge in [-0.2, -0.15) is 13.1 Å². The highest BCUT2D eigenvalue weighted by Crippen LogP contribution is 2.19. The maximum Gasteiger partial charge on any atom is 0.299 e. The Morgan fingerprint density at radius 3 is 2.33 bits per heavy atom. The van der Waals surface area contributed by atoms with Crippen LogP contribution in [0.25, 0.3) is 0 Å². The summed E-state index contributed by atoms with van der Waals surface area (Å²) in [6.45, 7) is 7.33. The summed E-state index contributed by atoms with van der Waals surface area (Å²) < 4.78 is 28.6. The first-order valence-corrected chi connectivity index (χ1v) is 7.31. The Bertz CT molecular complexity index is 519. The minimum atomic E-state index is -3.58. The molecule has 1 aromatic carbocycles. The van der Waals surface area contributed by atoms with Crippen molar-refractivity contribution in [1.29, 1.82) is 0 Å². The first-order chi connectivity index (χ1) is 8.13. The van der Waals surface area contributed by atoms with Crippen LogP contribution in [-0.2, 0) is 16.6 Å². The lowest BCUT2D eigenvalue weighted by Crippen LogP contribution is -2.43. The van der Waals surface area contributed by atoms with Crippen LogP contribution in [-0.4, -0.2) is 14.0 Å². The van der Waals surface area contributed by atoms with Crippen molar-refractivity contribution >= 4 is 21.6 Å². The number of nitrogens with one attached hydrogen (secondary N) is 2. The number of benzene rings is 1. The van der Waals surface area contributed by atoms with Gasteiger partial charge in [0.15, 0.2) is 0 Å². The van der Waals surface area contributed by atoms with E-state index in [0.717, 1.165) is 12.0 Å². The van der Waals surface area contributed by atoms with E-state index in [0.29, 0.717) is 11.4 Å². The standard InChI is InChI=1S/C12H21N3O2S/c1-5-9-6-7-10(8-11(9)13)14-18(16,17)15-12(2,3)4/h6-8,14-15H,5,13H2,1-4H3. The Kier molecular flexibility index (Phi) is 4.24. The van der Waals surface area contributed by atoms with Crippen molar-refractivity contribution in [3.8, 4) is 0 Å². The molecule has 6 heteroatoms. The summed E-state index contributed by atoms with van der Waals surface area (Å²) in [6, 6.07) is 5.15. The van der Waals surface area contributed by atoms with Gasteiger partial charge in [-0.3, -0.25) is 4.72 Å². The second-order valence-electron chi connectivity index (χ2n) is 5.22.